The topological polar surface area (TPSA) is 70.2 Å². The Hall–Kier alpha value is -2.04. The third-order valence-corrected chi connectivity index (χ3v) is 2.99. The molecule has 102 valence electrons. The number of carbonyl (C=O) groups is 2. The number of anilines is 1. The van der Waals surface area contributed by atoms with Crippen molar-refractivity contribution in [1.29, 1.82) is 0 Å². The molecule has 0 radical (unpaired) electrons. The van der Waals surface area contributed by atoms with Crippen molar-refractivity contribution in [1.82, 2.24) is 10.6 Å². The fourth-order valence-corrected chi connectivity index (χ4v) is 1.78. The molecule has 0 atom stereocenters. The van der Waals surface area contributed by atoms with Crippen LogP contribution in [-0.2, 0) is 0 Å². The van der Waals surface area contributed by atoms with Gasteiger partial charge in [-0.3, -0.25) is 4.79 Å². The van der Waals surface area contributed by atoms with E-state index in [4.69, 9.17) is 0 Å². The van der Waals surface area contributed by atoms with Crippen molar-refractivity contribution in [2.75, 3.05) is 11.9 Å². The lowest BCUT2D eigenvalue weighted by atomic mass is 10.1. The highest BCUT2D eigenvalue weighted by Crippen LogP contribution is 2.20. The molecule has 1 aliphatic carbocycles. The van der Waals surface area contributed by atoms with Crippen LogP contribution in [0.4, 0.5) is 10.5 Å². The molecule has 0 saturated heterocycles. The van der Waals surface area contributed by atoms with Crippen LogP contribution < -0.4 is 16.0 Å². The van der Waals surface area contributed by atoms with E-state index in [-0.39, 0.29) is 11.9 Å². The summed E-state index contributed by atoms with van der Waals surface area (Å²) in [5.74, 6) is -0.0976. The fraction of sp³-hybridized carbons (Fsp3) is 0.429. The monoisotopic (exact) mass is 261 g/mol. The highest BCUT2D eigenvalue weighted by molar-refractivity contribution is 5.96. The van der Waals surface area contributed by atoms with E-state index < -0.39 is 0 Å². The van der Waals surface area contributed by atoms with Crippen LogP contribution in [0.1, 0.15) is 35.7 Å². The number of urea groups is 1. The van der Waals surface area contributed by atoms with Crippen molar-refractivity contribution in [3.05, 3.63) is 29.3 Å². The number of nitrogens with one attached hydrogen (secondary N) is 3. The number of hydrogen-bond acceptors (Lipinski definition) is 2. The first-order chi connectivity index (χ1) is 9.10. The van der Waals surface area contributed by atoms with E-state index in [1.807, 2.05) is 13.8 Å². The van der Waals surface area contributed by atoms with Crippen molar-refractivity contribution < 1.29 is 9.59 Å². The summed E-state index contributed by atoms with van der Waals surface area (Å²) in [6.07, 6.45) is 2.12. The lowest BCUT2D eigenvalue weighted by molar-refractivity contribution is 0.0955. The predicted octanol–water partition coefficient (Wildman–Crippen LogP) is 2.03. The first-order valence-corrected chi connectivity index (χ1v) is 6.56. The van der Waals surface area contributed by atoms with Crippen molar-refractivity contribution >= 4 is 17.6 Å². The summed E-state index contributed by atoms with van der Waals surface area (Å²) in [5.41, 5.74) is 2.20. The highest BCUT2D eigenvalue weighted by atomic mass is 16.2. The standard InChI is InChI=1S/C14H19N3O2/c1-3-15-13(18)10-4-7-12(9(2)8-10)17-14(19)16-11-5-6-11/h4,7-8,11H,3,5-6H2,1-2H3,(H,15,18)(H2,16,17,19). The molecule has 5 nitrogen and oxygen atoms in total. The molecule has 0 heterocycles. The Bertz CT molecular complexity index is 495. The van der Waals surface area contributed by atoms with Crippen molar-refractivity contribution in [3.63, 3.8) is 0 Å². The maximum atomic E-state index is 11.7. The Labute approximate surface area is 112 Å². The normalized spacial score (nSPS) is 13.8. The highest BCUT2D eigenvalue weighted by Gasteiger charge is 2.23. The summed E-state index contributed by atoms with van der Waals surface area (Å²) in [4.78, 5) is 23.3. The first-order valence-electron chi connectivity index (χ1n) is 6.56. The second-order valence-corrected chi connectivity index (χ2v) is 4.76. The van der Waals surface area contributed by atoms with Gasteiger partial charge >= 0.3 is 6.03 Å². The van der Waals surface area contributed by atoms with Crippen LogP contribution in [-0.4, -0.2) is 24.5 Å². The Morgan fingerprint density at radius 3 is 2.63 bits per heavy atom. The SMILES string of the molecule is CCNC(=O)c1ccc(NC(=O)NC2CC2)c(C)c1. The summed E-state index contributed by atoms with van der Waals surface area (Å²) in [6, 6.07) is 5.39. The van der Waals surface area contributed by atoms with E-state index in [1.54, 1.807) is 18.2 Å². The lowest BCUT2D eigenvalue weighted by Crippen LogP contribution is -2.30. The van der Waals surface area contributed by atoms with Crippen LogP contribution in [0.2, 0.25) is 0 Å². The van der Waals surface area contributed by atoms with Crippen molar-refractivity contribution in [2.24, 2.45) is 0 Å². The van der Waals surface area contributed by atoms with Crippen LogP contribution >= 0.6 is 0 Å². The molecule has 19 heavy (non-hydrogen) atoms. The van der Waals surface area contributed by atoms with E-state index in [0.717, 1.165) is 24.1 Å². The Morgan fingerprint density at radius 2 is 2.05 bits per heavy atom. The maximum absolute atomic E-state index is 11.7. The van der Waals surface area contributed by atoms with Gasteiger partial charge in [0.1, 0.15) is 0 Å². The summed E-state index contributed by atoms with van der Waals surface area (Å²) in [6.45, 7) is 4.35. The molecule has 3 N–H and O–H groups in total. The van der Waals surface area contributed by atoms with Crippen LogP contribution in [0.3, 0.4) is 0 Å². The zero-order valence-electron chi connectivity index (χ0n) is 11.2. The zero-order chi connectivity index (χ0) is 13.8. The summed E-state index contributed by atoms with van der Waals surface area (Å²) in [7, 11) is 0. The van der Waals surface area contributed by atoms with E-state index in [2.05, 4.69) is 16.0 Å². The molecule has 1 aliphatic rings. The largest absolute Gasteiger partial charge is 0.352 e. The summed E-state index contributed by atoms with van der Waals surface area (Å²) in [5, 5.41) is 8.40. The molecule has 3 amide bonds. The number of rotatable bonds is 4. The maximum Gasteiger partial charge on any atom is 0.319 e. The Balaban J connectivity index is 2.01. The average molecular weight is 261 g/mol. The molecule has 1 saturated carbocycles. The van der Waals surface area contributed by atoms with Crippen LogP contribution in [0.25, 0.3) is 0 Å². The van der Waals surface area contributed by atoms with Crippen LogP contribution in [0.5, 0.6) is 0 Å². The first kappa shape index (κ1) is 13.4. The van der Waals surface area contributed by atoms with E-state index in [1.165, 1.54) is 0 Å². The van der Waals surface area contributed by atoms with Gasteiger partial charge in [0.05, 0.1) is 0 Å². The zero-order valence-corrected chi connectivity index (χ0v) is 11.2. The third kappa shape index (κ3) is 3.71. The lowest BCUT2D eigenvalue weighted by Gasteiger charge is -2.11. The van der Waals surface area contributed by atoms with Gasteiger partial charge in [-0.2, -0.15) is 0 Å². The van der Waals surface area contributed by atoms with Crippen molar-refractivity contribution in [2.45, 2.75) is 32.7 Å². The molecule has 0 aliphatic heterocycles. The molecule has 1 aromatic carbocycles. The second-order valence-electron chi connectivity index (χ2n) is 4.76. The van der Waals surface area contributed by atoms with E-state index >= 15 is 0 Å². The van der Waals surface area contributed by atoms with Gasteiger partial charge in [-0.05, 0) is 50.5 Å². The number of amides is 3. The molecular formula is C14H19N3O2. The minimum Gasteiger partial charge on any atom is -0.352 e. The fourth-order valence-electron chi connectivity index (χ4n) is 1.78. The average Bonchev–Trinajstić information content (AvgIpc) is 3.16. The smallest absolute Gasteiger partial charge is 0.319 e. The predicted molar refractivity (Wildman–Crippen MR) is 74.4 cm³/mol. The Kier molecular flexibility index (Phi) is 4.04. The molecular weight excluding hydrogens is 242 g/mol. The van der Waals surface area contributed by atoms with E-state index in [0.29, 0.717) is 18.2 Å². The van der Waals surface area contributed by atoms with Crippen molar-refractivity contribution in [3.8, 4) is 0 Å². The quantitative estimate of drug-likeness (QED) is 0.776. The molecule has 0 bridgehead atoms. The summed E-state index contributed by atoms with van der Waals surface area (Å²) < 4.78 is 0. The van der Waals surface area contributed by atoms with Crippen LogP contribution in [0, 0.1) is 6.92 Å². The summed E-state index contributed by atoms with van der Waals surface area (Å²) >= 11 is 0. The molecule has 0 unspecified atom stereocenters. The molecule has 5 heteroatoms. The number of aryl methyl sites for hydroxylation is 1. The van der Waals surface area contributed by atoms with Gasteiger partial charge in [-0.1, -0.05) is 0 Å². The van der Waals surface area contributed by atoms with Gasteiger partial charge in [0.15, 0.2) is 0 Å². The molecule has 0 aromatic heterocycles. The Morgan fingerprint density at radius 1 is 1.32 bits per heavy atom. The van der Waals surface area contributed by atoms with E-state index in [9.17, 15) is 9.59 Å². The van der Waals surface area contributed by atoms with Gasteiger partial charge in [-0.15, -0.1) is 0 Å². The number of benzene rings is 1. The minimum absolute atomic E-state index is 0.0976. The second kappa shape index (κ2) is 5.73. The van der Waals surface area contributed by atoms with Gasteiger partial charge in [0, 0.05) is 23.8 Å². The van der Waals surface area contributed by atoms with Gasteiger partial charge in [0.2, 0.25) is 0 Å². The molecule has 1 fully saturated rings. The molecule has 1 aromatic rings. The van der Waals surface area contributed by atoms with Gasteiger partial charge in [-0.25, -0.2) is 4.79 Å². The van der Waals surface area contributed by atoms with Crippen LogP contribution in [0.15, 0.2) is 18.2 Å². The van der Waals surface area contributed by atoms with Gasteiger partial charge < -0.3 is 16.0 Å². The van der Waals surface area contributed by atoms with Gasteiger partial charge in [0.25, 0.3) is 5.91 Å². The molecule has 0 spiro atoms. The molecule has 2 rings (SSSR count). The third-order valence-electron chi connectivity index (χ3n) is 2.99. The minimum atomic E-state index is -0.184. The number of carbonyl (C=O) groups excluding carboxylic acids is 2. The number of hydrogen-bond donors (Lipinski definition) is 3.